The van der Waals surface area contributed by atoms with Gasteiger partial charge in [-0.1, -0.05) is 43.3 Å². The fourth-order valence-corrected chi connectivity index (χ4v) is 7.61. The number of aryl methyl sites for hydroxylation is 1. The summed E-state index contributed by atoms with van der Waals surface area (Å²) in [5.74, 6) is 0.479. The van der Waals surface area contributed by atoms with Crippen LogP contribution in [0.25, 0.3) is 0 Å². The van der Waals surface area contributed by atoms with Crippen molar-refractivity contribution in [2.75, 3.05) is 30.3 Å². The number of rotatable bonds is 5. The highest BCUT2D eigenvalue weighted by atomic mass is 16.2. The number of amides is 3. The molecule has 8 heteroatoms. The van der Waals surface area contributed by atoms with Gasteiger partial charge in [-0.2, -0.15) is 0 Å². The Bertz CT molecular complexity index is 1580. The van der Waals surface area contributed by atoms with Gasteiger partial charge in [-0.15, -0.1) is 0 Å². The maximum atomic E-state index is 14.2. The fraction of sp³-hybridized carbons (Fsp3) is 0.412. The third kappa shape index (κ3) is 4.49. The number of benzene rings is 2. The molecular formula is C34H37N5O3. The van der Waals surface area contributed by atoms with Gasteiger partial charge < -0.3 is 20.9 Å². The lowest BCUT2D eigenvalue weighted by atomic mass is 9.78. The predicted molar refractivity (Wildman–Crippen MR) is 161 cm³/mol. The lowest BCUT2D eigenvalue weighted by molar-refractivity contribution is -0.148. The summed E-state index contributed by atoms with van der Waals surface area (Å²) in [5, 5.41) is 9.41. The van der Waals surface area contributed by atoms with Crippen molar-refractivity contribution in [3.8, 4) is 0 Å². The maximum Gasteiger partial charge on any atom is 0.244 e. The summed E-state index contributed by atoms with van der Waals surface area (Å²) in [7, 11) is 0. The second-order valence-corrected chi connectivity index (χ2v) is 12.7. The maximum absolute atomic E-state index is 14.2. The molecule has 8 nitrogen and oxygen atoms in total. The number of nitrogens with zero attached hydrogens (tertiary/aromatic N) is 2. The lowest BCUT2D eigenvalue weighted by Crippen LogP contribution is -2.51. The molecule has 2 aliphatic heterocycles. The Kier molecular flexibility index (Phi) is 6.61. The smallest absolute Gasteiger partial charge is 0.244 e. The van der Waals surface area contributed by atoms with Crippen molar-refractivity contribution in [3.05, 3.63) is 88.6 Å². The summed E-state index contributed by atoms with van der Waals surface area (Å²) >= 11 is 0. The Hall–Kier alpha value is -4.04. The summed E-state index contributed by atoms with van der Waals surface area (Å²) in [4.78, 5) is 47.2. The standard InChI is InChI=1S/C34H37N5O3/c1-33(13-16-35-17-14-33)32(42)39(28-10-4-7-22-6-2-3-8-26(22)28)21-29(40)37-25-12-11-23-19-34(20-24(23)18-25)27-9-5-15-36-30(27)38-31(34)41/h2-3,5-6,8-9,11-12,15,18,28,35H,4,7,10,13-14,16-17,19-21H2,1H3,(H,37,40)(H,36,38,41)/t28-,34?/m1/s1. The molecule has 1 spiro atoms. The van der Waals surface area contributed by atoms with E-state index in [0.29, 0.717) is 24.3 Å². The molecular weight excluding hydrogens is 526 g/mol. The molecule has 2 aromatic carbocycles. The molecule has 1 unspecified atom stereocenters. The Labute approximate surface area is 246 Å². The highest BCUT2D eigenvalue weighted by Crippen LogP contribution is 2.47. The van der Waals surface area contributed by atoms with E-state index in [2.05, 4.69) is 46.1 Å². The number of piperidine rings is 1. The minimum atomic E-state index is -0.656. The number of anilines is 2. The van der Waals surface area contributed by atoms with Gasteiger partial charge in [0.1, 0.15) is 12.4 Å². The Morgan fingerprint density at radius 2 is 1.83 bits per heavy atom. The molecule has 2 aliphatic carbocycles. The lowest BCUT2D eigenvalue weighted by Gasteiger charge is -2.42. The van der Waals surface area contributed by atoms with Gasteiger partial charge in [0.25, 0.3) is 0 Å². The average Bonchev–Trinajstić information content (AvgIpc) is 3.52. The van der Waals surface area contributed by atoms with E-state index in [-0.39, 0.29) is 30.3 Å². The third-order valence-electron chi connectivity index (χ3n) is 9.98. The van der Waals surface area contributed by atoms with Crippen molar-refractivity contribution in [3.63, 3.8) is 0 Å². The minimum absolute atomic E-state index is 0.00330. The van der Waals surface area contributed by atoms with Gasteiger partial charge in [0.2, 0.25) is 17.7 Å². The molecule has 0 radical (unpaired) electrons. The molecule has 0 saturated carbocycles. The highest BCUT2D eigenvalue weighted by Gasteiger charge is 2.51. The molecule has 0 bridgehead atoms. The first-order valence-electron chi connectivity index (χ1n) is 15.1. The number of hydrogen-bond acceptors (Lipinski definition) is 5. The van der Waals surface area contributed by atoms with Crippen LogP contribution in [0.5, 0.6) is 0 Å². The molecule has 7 rings (SSSR count). The number of nitrogens with one attached hydrogen (secondary N) is 3. The zero-order valence-electron chi connectivity index (χ0n) is 24.0. The average molecular weight is 564 g/mol. The molecule has 4 aliphatic rings. The minimum Gasteiger partial charge on any atom is -0.326 e. The van der Waals surface area contributed by atoms with Crippen molar-refractivity contribution in [1.82, 2.24) is 15.2 Å². The van der Waals surface area contributed by atoms with Crippen molar-refractivity contribution < 1.29 is 14.4 Å². The summed E-state index contributed by atoms with van der Waals surface area (Å²) in [6.45, 7) is 3.67. The van der Waals surface area contributed by atoms with Gasteiger partial charge >= 0.3 is 0 Å². The number of hydrogen-bond donors (Lipinski definition) is 3. The van der Waals surface area contributed by atoms with Gasteiger partial charge in [0.15, 0.2) is 0 Å². The quantitative estimate of drug-likeness (QED) is 0.430. The number of fused-ring (bicyclic) bond motifs is 4. The molecule has 216 valence electrons. The summed E-state index contributed by atoms with van der Waals surface area (Å²) in [6, 6.07) is 18.0. The number of aromatic nitrogens is 1. The van der Waals surface area contributed by atoms with Crippen LogP contribution < -0.4 is 16.0 Å². The molecule has 1 saturated heterocycles. The first kappa shape index (κ1) is 26.8. The number of pyridine rings is 1. The van der Waals surface area contributed by atoms with Crippen molar-refractivity contribution in [1.29, 1.82) is 0 Å². The van der Waals surface area contributed by atoms with Crippen LogP contribution in [0.2, 0.25) is 0 Å². The van der Waals surface area contributed by atoms with Crippen molar-refractivity contribution in [2.45, 2.75) is 63.3 Å². The normalized spacial score (nSPS) is 23.5. The zero-order chi connectivity index (χ0) is 28.9. The molecule has 3 aromatic rings. The second kappa shape index (κ2) is 10.3. The van der Waals surface area contributed by atoms with E-state index in [1.807, 2.05) is 41.3 Å². The Morgan fingerprint density at radius 3 is 2.69 bits per heavy atom. The summed E-state index contributed by atoms with van der Waals surface area (Å²) in [6.07, 6.45) is 7.23. The van der Waals surface area contributed by atoms with Crippen LogP contribution in [0.1, 0.15) is 66.5 Å². The molecule has 42 heavy (non-hydrogen) atoms. The van der Waals surface area contributed by atoms with E-state index in [9.17, 15) is 14.4 Å². The van der Waals surface area contributed by atoms with Crippen LogP contribution in [0, 0.1) is 5.41 Å². The van der Waals surface area contributed by atoms with Crippen LogP contribution in [0.15, 0.2) is 60.8 Å². The molecule has 3 amide bonds. The van der Waals surface area contributed by atoms with E-state index >= 15 is 0 Å². The monoisotopic (exact) mass is 563 g/mol. The first-order chi connectivity index (χ1) is 20.4. The highest BCUT2D eigenvalue weighted by molar-refractivity contribution is 6.06. The van der Waals surface area contributed by atoms with E-state index in [0.717, 1.165) is 67.4 Å². The SMILES string of the molecule is CC1(C(=O)N(CC(=O)Nc2ccc3c(c2)CC2(C3)C(=O)Nc3ncccc32)[C@@H]2CCCc3ccccc32)CCNCC1. The van der Waals surface area contributed by atoms with Gasteiger partial charge in [-0.25, -0.2) is 4.98 Å². The van der Waals surface area contributed by atoms with Gasteiger partial charge in [-0.3, -0.25) is 14.4 Å². The van der Waals surface area contributed by atoms with Crippen LogP contribution >= 0.6 is 0 Å². The largest absolute Gasteiger partial charge is 0.326 e. The van der Waals surface area contributed by atoms with E-state index in [4.69, 9.17) is 0 Å². The molecule has 1 aromatic heterocycles. The van der Waals surface area contributed by atoms with Gasteiger partial charge in [0.05, 0.1) is 11.5 Å². The number of carbonyl (C=O) groups excluding carboxylic acids is 3. The molecule has 1 fully saturated rings. The zero-order valence-corrected chi connectivity index (χ0v) is 24.0. The van der Waals surface area contributed by atoms with Gasteiger partial charge in [0, 0.05) is 22.9 Å². The van der Waals surface area contributed by atoms with Crippen LogP contribution in [-0.4, -0.2) is 47.2 Å². The van der Waals surface area contributed by atoms with E-state index in [1.165, 1.54) is 5.56 Å². The Balaban J connectivity index is 1.13. The molecule has 2 atom stereocenters. The summed E-state index contributed by atoms with van der Waals surface area (Å²) in [5.41, 5.74) is 5.06. The fourth-order valence-electron chi connectivity index (χ4n) is 7.61. The molecule has 3 heterocycles. The topological polar surface area (TPSA) is 103 Å². The van der Waals surface area contributed by atoms with Crippen molar-refractivity contribution in [2.24, 2.45) is 5.41 Å². The van der Waals surface area contributed by atoms with Crippen LogP contribution in [-0.2, 0) is 39.1 Å². The number of carbonyl (C=O) groups is 3. The summed E-state index contributed by atoms with van der Waals surface area (Å²) < 4.78 is 0. The third-order valence-corrected chi connectivity index (χ3v) is 9.98. The van der Waals surface area contributed by atoms with E-state index < -0.39 is 10.8 Å². The van der Waals surface area contributed by atoms with Crippen molar-refractivity contribution >= 4 is 29.2 Å². The second-order valence-electron chi connectivity index (χ2n) is 12.7. The Morgan fingerprint density at radius 1 is 1.02 bits per heavy atom. The van der Waals surface area contributed by atoms with E-state index in [1.54, 1.807) is 6.20 Å². The van der Waals surface area contributed by atoms with Gasteiger partial charge in [-0.05, 0) is 98.5 Å². The molecule has 3 N–H and O–H groups in total. The first-order valence-corrected chi connectivity index (χ1v) is 15.1. The van der Waals surface area contributed by atoms with Crippen LogP contribution in [0.4, 0.5) is 11.5 Å². The van der Waals surface area contributed by atoms with Crippen LogP contribution in [0.3, 0.4) is 0 Å². The predicted octanol–water partition coefficient (Wildman–Crippen LogP) is 4.30.